The Kier molecular flexibility index (Phi) is 9.64. The van der Waals surface area contributed by atoms with Gasteiger partial charge in [0.1, 0.15) is 0 Å². The first-order chi connectivity index (χ1) is 11.7. The van der Waals surface area contributed by atoms with Gasteiger partial charge in [-0.15, -0.1) is 0 Å². The number of ether oxygens (including phenoxy) is 3. The average molecular weight is 339 g/mol. The van der Waals surface area contributed by atoms with Gasteiger partial charge in [-0.1, -0.05) is 0 Å². The van der Waals surface area contributed by atoms with E-state index >= 15 is 0 Å². The van der Waals surface area contributed by atoms with Crippen LogP contribution in [0.1, 0.15) is 29.6 Å². The molecule has 0 heterocycles. The maximum atomic E-state index is 12.3. The third kappa shape index (κ3) is 6.25. The Labute approximate surface area is 143 Å². The van der Waals surface area contributed by atoms with Gasteiger partial charge in [0.15, 0.2) is 11.5 Å². The van der Waals surface area contributed by atoms with Crippen molar-refractivity contribution in [2.75, 3.05) is 47.5 Å². The molecule has 0 aliphatic heterocycles. The summed E-state index contributed by atoms with van der Waals surface area (Å²) >= 11 is 0. The van der Waals surface area contributed by atoms with E-state index in [4.69, 9.17) is 19.9 Å². The first-order valence-corrected chi connectivity index (χ1v) is 8.16. The Hall–Kier alpha value is -1.99. The second-order valence-corrected chi connectivity index (χ2v) is 5.27. The molecule has 4 N–H and O–H groups in total. The number of nitrogens with two attached hydrogens (primary N) is 1. The van der Waals surface area contributed by atoms with Crippen LogP contribution in [0.4, 0.5) is 0 Å². The molecular formula is C17H29N3O4. The van der Waals surface area contributed by atoms with Gasteiger partial charge < -0.3 is 30.6 Å². The van der Waals surface area contributed by atoms with E-state index < -0.39 is 0 Å². The van der Waals surface area contributed by atoms with E-state index in [1.807, 2.05) is 0 Å². The topological polar surface area (TPSA) is 94.8 Å². The summed E-state index contributed by atoms with van der Waals surface area (Å²) in [7, 11) is 4.57. The van der Waals surface area contributed by atoms with E-state index in [9.17, 15) is 4.79 Å². The minimum absolute atomic E-state index is 0.169. The summed E-state index contributed by atoms with van der Waals surface area (Å²) in [5, 5.41) is 6.21. The van der Waals surface area contributed by atoms with Gasteiger partial charge in [0.05, 0.1) is 21.3 Å². The molecule has 1 aromatic carbocycles. The summed E-state index contributed by atoms with van der Waals surface area (Å²) < 4.78 is 15.8. The number of hydrogen-bond acceptors (Lipinski definition) is 6. The Morgan fingerprint density at radius 1 is 0.958 bits per heavy atom. The third-order valence-corrected chi connectivity index (χ3v) is 3.55. The summed E-state index contributed by atoms with van der Waals surface area (Å²) in [6, 6.07) is 3.28. The number of rotatable bonds is 12. The van der Waals surface area contributed by atoms with Crippen LogP contribution in [0.5, 0.6) is 17.2 Å². The Balaban J connectivity index is 2.47. The van der Waals surface area contributed by atoms with E-state index in [-0.39, 0.29) is 5.91 Å². The molecule has 24 heavy (non-hydrogen) atoms. The molecule has 0 bridgehead atoms. The number of methoxy groups -OCH3 is 3. The fourth-order valence-corrected chi connectivity index (χ4v) is 2.25. The quantitative estimate of drug-likeness (QED) is 0.495. The second-order valence-electron chi connectivity index (χ2n) is 5.27. The van der Waals surface area contributed by atoms with Crippen LogP contribution in [0.15, 0.2) is 12.1 Å². The van der Waals surface area contributed by atoms with Gasteiger partial charge in [-0.05, 0) is 51.0 Å². The number of hydrogen-bond donors (Lipinski definition) is 3. The minimum Gasteiger partial charge on any atom is -0.493 e. The predicted molar refractivity (Wildman–Crippen MR) is 94.2 cm³/mol. The van der Waals surface area contributed by atoms with Gasteiger partial charge in [0.25, 0.3) is 5.91 Å². The average Bonchev–Trinajstić information content (AvgIpc) is 2.62. The van der Waals surface area contributed by atoms with Crippen molar-refractivity contribution >= 4 is 5.91 Å². The fraction of sp³-hybridized carbons (Fsp3) is 0.588. The van der Waals surface area contributed by atoms with Crippen molar-refractivity contribution in [2.24, 2.45) is 5.73 Å². The first kappa shape index (κ1) is 20.1. The Morgan fingerprint density at radius 2 is 1.58 bits per heavy atom. The highest BCUT2D eigenvalue weighted by atomic mass is 16.5. The molecule has 0 saturated carbocycles. The van der Waals surface area contributed by atoms with Gasteiger partial charge in [0.2, 0.25) is 5.75 Å². The molecular weight excluding hydrogens is 310 g/mol. The van der Waals surface area contributed by atoms with E-state index in [1.165, 1.54) is 21.3 Å². The molecule has 1 aromatic rings. The van der Waals surface area contributed by atoms with Crippen LogP contribution < -0.4 is 30.6 Å². The van der Waals surface area contributed by atoms with Crippen molar-refractivity contribution < 1.29 is 19.0 Å². The highest BCUT2D eigenvalue weighted by Gasteiger charge is 2.16. The van der Waals surface area contributed by atoms with Crippen molar-refractivity contribution in [3.05, 3.63) is 17.7 Å². The van der Waals surface area contributed by atoms with Crippen molar-refractivity contribution in [1.82, 2.24) is 10.6 Å². The van der Waals surface area contributed by atoms with E-state index in [0.717, 1.165) is 38.9 Å². The lowest BCUT2D eigenvalue weighted by molar-refractivity contribution is 0.0952. The number of carbonyl (C=O) groups excluding carboxylic acids is 1. The Bertz CT molecular complexity index is 484. The maximum Gasteiger partial charge on any atom is 0.251 e. The molecule has 0 atom stereocenters. The molecule has 0 aliphatic carbocycles. The molecule has 7 heteroatoms. The zero-order valence-electron chi connectivity index (χ0n) is 14.8. The van der Waals surface area contributed by atoms with Crippen molar-refractivity contribution in [3.63, 3.8) is 0 Å². The van der Waals surface area contributed by atoms with E-state index in [1.54, 1.807) is 12.1 Å². The molecule has 0 aliphatic rings. The lowest BCUT2D eigenvalue weighted by atomic mass is 10.1. The van der Waals surface area contributed by atoms with Crippen molar-refractivity contribution in [3.8, 4) is 17.2 Å². The van der Waals surface area contributed by atoms with Crippen LogP contribution in [0.3, 0.4) is 0 Å². The normalized spacial score (nSPS) is 10.3. The summed E-state index contributed by atoms with van der Waals surface area (Å²) in [5.74, 6) is 1.22. The highest BCUT2D eigenvalue weighted by Crippen LogP contribution is 2.38. The molecule has 1 rings (SSSR count). The second kappa shape index (κ2) is 11.5. The van der Waals surface area contributed by atoms with Crippen LogP contribution in [0, 0.1) is 0 Å². The first-order valence-electron chi connectivity index (χ1n) is 8.16. The fourth-order valence-electron chi connectivity index (χ4n) is 2.25. The molecule has 0 aromatic heterocycles. The number of carbonyl (C=O) groups is 1. The van der Waals surface area contributed by atoms with Crippen LogP contribution in [0.25, 0.3) is 0 Å². The summed E-state index contributed by atoms with van der Waals surface area (Å²) in [6.07, 6.45) is 2.97. The maximum absolute atomic E-state index is 12.3. The highest BCUT2D eigenvalue weighted by molar-refractivity contribution is 5.95. The largest absolute Gasteiger partial charge is 0.493 e. The van der Waals surface area contributed by atoms with Gasteiger partial charge in [-0.25, -0.2) is 0 Å². The lowest BCUT2D eigenvalue weighted by Crippen LogP contribution is -2.27. The van der Waals surface area contributed by atoms with Gasteiger partial charge in [0, 0.05) is 12.1 Å². The van der Waals surface area contributed by atoms with Crippen molar-refractivity contribution in [1.29, 1.82) is 0 Å². The summed E-state index contributed by atoms with van der Waals surface area (Å²) in [6.45, 7) is 3.14. The molecule has 0 fully saturated rings. The SMILES string of the molecule is COc1cc(C(=O)NCCCNCCCCN)cc(OC)c1OC. The standard InChI is InChI=1S/C17H29N3O4/c1-22-14-11-13(12-15(23-2)16(14)24-3)17(21)20-10-6-9-19-8-5-4-7-18/h11-12,19H,4-10,18H2,1-3H3,(H,20,21). The monoisotopic (exact) mass is 339 g/mol. The number of nitrogens with one attached hydrogen (secondary N) is 2. The third-order valence-electron chi connectivity index (χ3n) is 3.55. The molecule has 0 radical (unpaired) electrons. The zero-order chi connectivity index (χ0) is 17.8. The number of amides is 1. The number of benzene rings is 1. The van der Waals surface area contributed by atoms with Crippen molar-refractivity contribution in [2.45, 2.75) is 19.3 Å². The zero-order valence-corrected chi connectivity index (χ0v) is 14.8. The van der Waals surface area contributed by atoms with Gasteiger partial charge >= 0.3 is 0 Å². The molecule has 136 valence electrons. The van der Waals surface area contributed by atoms with E-state index in [2.05, 4.69) is 10.6 Å². The van der Waals surface area contributed by atoms with Gasteiger partial charge in [-0.3, -0.25) is 4.79 Å². The summed E-state index contributed by atoms with van der Waals surface area (Å²) in [4.78, 5) is 12.3. The van der Waals surface area contributed by atoms with Crippen LogP contribution >= 0.6 is 0 Å². The molecule has 0 saturated heterocycles. The lowest BCUT2D eigenvalue weighted by Gasteiger charge is -2.14. The Morgan fingerprint density at radius 3 is 2.12 bits per heavy atom. The molecule has 1 amide bonds. The predicted octanol–water partition coefficient (Wildman–Crippen LogP) is 1.16. The van der Waals surface area contributed by atoms with Crippen LogP contribution in [-0.4, -0.2) is 53.4 Å². The molecule has 7 nitrogen and oxygen atoms in total. The smallest absolute Gasteiger partial charge is 0.251 e. The van der Waals surface area contributed by atoms with E-state index in [0.29, 0.717) is 29.4 Å². The number of unbranched alkanes of at least 4 members (excludes halogenated alkanes) is 1. The van der Waals surface area contributed by atoms with Crippen LogP contribution in [-0.2, 0) is 0 Å². The van der Waals surface area contributed by atoms with Crippen LogP contribution in [0.2, 0.25) is 0 Å². The summed E-state index contributed by atoms with van der Waals surface area (Å²) in [5.41, 5.74) is 5.91. The molecule has 0 spiro atoms. The van der Waals surface area contributed by atoms with Gasteiger partial charge in [-0.2, -0.15) is 0 Å². The minimum atomic E-state index is -0.169. The molecule has 0 unspecified atom stereocenters.